The van der Waals surface area contributed by atoms with E-state index in [0.717, 1.165) is 6.54 Å². The summed E-state index contributed by atoms with van der Waals surface area (Å²) in [7, 11) is 2.01. The average Bonchev–Trinajstić information content (AvgIpc) is 2.68. The molecule has 0 saturated carbocycles. The minimum Gasteiger partial charge on any atom is -0.481 e. The molecule has 15 heavy (non-hydrogen) atoms. The highest BCUT2D eigenvalue weighted by Gasteiger charge is 2.12. The molecule has 0 aliphatic carbocycles. The van der Waals surface area contributed by atoms with Gasteiger partial charge in [-0.1, -0.05) is 0 Å². The monoisotopic (exact) mass is 228 g/mol. The smallest absolute Gasteiger partial charge is 0.303 e. The van der Waals surface area contributed by atoms with E-state index in [1.807, 2.05) is 18.8 Å². The Labute approximate surface area is 93.6 Å². The molecule has 1 rings (SSSR count). The summed E-state index contributed by atoms with van der Waals surface area (Å²) in [5, 5.41) is 8.52. The van der Waals surface area contributed by atoms with Crippen molar-refractivity contribution in [3.8, 4) is 0 Å². The van der Waals surface area contributed by atoms with Crippen LogP contribution in [0, 0.1) is 0 Å². The van der Waals surface area contributed by atoms with Gasteiger partial charge in [0, 0.05) is 23.5 Å². The van der Waals surface area contributed by atoms with Crippen LogP contribution >= 0.6 is 11.3 Å². The third-order valence-electron chi connectivity index (χ3n) is 2.43. The van der Waals surface area contributed by atoms with Crippen LogP contribution in [0.5, 0.6) is 0 Å². The van der Waals surface area contributed by atoms with Crippen molar-refractivity contribution in [2.24, 2.45) is 0 Å². The highest BCUT2D eigenvalue weighted by atomic mass is 32.1. The van der Waals surface area contributed by atoms with Gasteiger partial charge in [0.15, 0.2) is 0 Å². The van der Waals surface area contributed by atoms with Crippen molar-refractivity contribution in [3.05, 3.63) is 16.6 Å². The number of hydrogen-bond acceptors (Lipinski definition) is 4. The van der Waals surface area contributed by atoms with Crippen molar-refractivity contribution >= 4 is 17.3 Å². The Balaban J connectivity index is 2.33. The first kappa shape index (κ1) is 12.1. The van der Waals surface area contributed by atoms with Gasteiger partial charge in [-0.2, -0.15) is 0 Å². The molecule has 0 aliphatic heterocycles. The first-order valence-corrected chi connectivity index (χ1v) is 5.79. The quantitative estimate of drug-likeness (QED) is 0.809. The summed E-state index contributed by atoms with van der Waals surface area (Å²) in [6, 6.07) is 0.311. The molecular weight excluding hydrogens is 212 g/mol. The Bertz CT molecular complexity index is 300. The molecule has 84 valence electrons. The maximum absolute atomic E-state index is 10.4. The fourth-order valence-corrected chi connectivity index (χ4v) is 2.06. The minimum atomic E-state index is -0.728. The molecule has 0 saturated heterocycles. The van der Waals surface area contributed by atoms with Gasteiger partial charge in [0.05, 0.1) is 5.51 Å². The van der Waals surface area contributed by atoms with Gasteiger partial charge in [0.25, 0.3) is 0 Å². The van der Waals surface area contributed by atoms with Crippen LogP contribution < -0.4 is 0 Å². The van der Waals surface area contributed by atoms with E-state index < -0.39 is 5.97 Å². The third kappa shape index (κ3) is 3.97. The largest absolute Gasteiger partial charge is 0.481 e. The fourth-order valence-electron chi connectivity index (χ4n) is 1.32. The van der Waals surface area contributed by atoms with Crippen molar-refractivity contribution in [3.63, 3.8) is 0 Å². The van der Waals surface area contributed by atoms with Gasteiger partial charge in [-0.15, -0.1) is 11.3 Å². The molecular formula is C10H16N2O2S. The molecule has 1 unspecified atom stereocenters. The SMILES string of the molecule is CC(c1cncs1)N(C)CCCC(=O)O. The van der Waals surface area contributed by atoms with Gasteiger partial charge >= 0.3 is 5.97 Å². The van der Waals surface area contributed by atoms with Gasteiger partial charge in [0.1, 0.15) is 0 Å². The Morgan fingerprint density at radius 2 is 2.47 bits per heavy atom. The summed E-state index contributed by atoms with van der Waals surface area (Å²) in [4.78, 5) is 17.7. The second-order valence-electron chi connectivity index (χ2n) is 3.56. The zero-order valence-electron chi connectivity index (χ0n) is 9.01. The number of thiazole rings is 1. The van der Waals surface area contributed by atoms with Crippen LogP contribution in [0.25, 0.3) is 0 Å². The van der Waals surface area contributed by atoms with E-state index in [2.05, 4.69) is 16.8 Å². The number of nitrogens with zero attached hydrogens (tertiary/aromatic N) is 2. The average molecular weight is 228 g/mol. The second kappa shape index (κ2) is 5.82. The lowest BCUT2D eigenvalue weighted by atomic mass is 10.2. The van der Waals surface area contributed by atoms with E-state index in [0.29, 0.717) is 12.5 Å². The Hall–Kier alpha value is -0.940. The molecule has 0 amide bonds. The number of rotatable bonds is 6. The molecule has 0 fully saturated rings. The van der Waals surface area contributed by atoms with Crippen LogP contribution in [0.4, 0.5) is 0 Å². The van der Waals surface area contributed by atoms with Crippen molar-refractivity contribution in [1.29, 1.82) is 0 Å². The molecule has 0 aliphatic rings. The second-order valence-corrected chi connectivity index (χ2v) is 4.48. The molecule has 1 aromatic rings. The van der Waals surface area contributed by atoms with E-state index in [4.69, 9.17) is 5.11 Å². The zero-order chi connectivity index (χ0) is 11.3. The molecule has 5 heteroatoms. The van der Waals surface area contributed by atoms with Gasteiger partial charge < -0.3 is 5.11 Å². The number of carbonyl (C=O) groups is 1. The molecule has 1 atom stereocenters. The van der Waals surface area contributed by atoms with Crippen molar-refractivity contribution in [2.45, 2.75) is 25.8 Å². The molecule has 0 bridgehead atoms. The Morgan fingerprint density at radius 1 is 1.73 bits per heavy atom. The predicted octanol–water partition coefficient (Wildman–Crippen LogP) is 2.00. The first-order chi connectivity index (χ1) is 7.11. The summed E-state index contributed by atoms with van der Waals surface area (Å²) in [5.41, 5.74) is 1.82. The maximum Gasteiger partial charge on any atom is 0.303 e. The zero-order valence-corrected chi connectivity index (χ0v) is 9.83. The number of aliphatic carboxylic acids is 1. The molecule has 1 N–H and O–H groups in total. The van der Waals surface area contributed by atoms with E-state index in [-0.39, 0.29) is 6.42 Å². The fraction of sp³-hybridized carbons (Fsp3) is 0.600. The highest BCUT2D eigenvalue weighted by molar-refractivity contribution is 7.09. The summed E-state index contributed by atoms with van der Waals surface area (Å²) in [6.45, 7) is 2.90. The molecule has 0 aromatic carbocycles. The number of carboxylic acids is 1. The maximum atomic E-state index is 10.4. The topological polar surface area (TPSA) is 53.4 Å². The molecule has 1 aromatic heterocycles. The van der Waals surface area contributed by atoms with Gasteiger partial charge in [-0.3, -0.25) is 14.7 Å². The Kier molecular flexibility index (Phi) is 4.71. The summed E-state index contributed by atoms with van der Waals surface area (Å²) in [5.74, 6) is -0.728. The van der Waals surface area contributed by atoms with Crippen LogP contribution in [0.15, 0.2) is 11.7 Å². The lowest BCUT2D eigenvalue weighted by Gasteiger charge is -2.22. The van der Waals surface area contributed by atoms with E-state index in [1.165, 1.54) is 4.88 Å². The third-order valence-corrected chi connectivity index (χ3v) is 3.37. The number of hydrogen-bond donors (Lipinski definition) is 1. The van der Waals surface area contributed by atoms with E-state index >= 15 is 0 Å². The van der Waals surface area contributed by atoms with Gasteiger partial charge in [0.2, 0.25) is 0 Å². The van der Waals surface area contributed by atoms with Crippen molar-refractivity contribution in [2.75, 3.05) is 13.6 Å². The van der Waals surface area contributed by atoms with Gasteiger partial charge in [-0.25, -0.2) is 0 Å². The normalized spacial score (nSPS) is 13.0. The lowest BCUT2D eigenvalue weighted by molar-refractivity contribution is -0.137. The van der Waals surface area contributed by atoms with Crippen LogP contribution in [0.3, 0.4) is 0 Å². The van der Waals surface area contributed by atoms with Crippen molar-refractivity contribution in [1.82, 2.24) is 9.88 Å². The van der Waals surface area contributed by atoms with Crippen LogP contribution in [0.2, 0.25) is 0 Å². The summed E-state index contributed by atoms with van der Waals surface area (Å²) in [6.07, 6.45) is 2.79. The number of carboxylic acid groups (broad SMARTS) is 1. The summed E-state index contributed by atoms with van der Waals surface area (Å²) < 4.78 is 0. The molecule has 4 nitrogen and oxygen atoms in total. The Morgan fingerprint density at radius 3 is 3.00 bits per heavy atom. The van der Waals surface area contributed by atoms with Gasteiger partial charge in [-0.05, 0) is 26.9 Å². The standard InChI is InChI=1S/C10H16N2O2S/c1-8(9-6-11-7-15-9)12(2)5-3-4-10(13)14/h6-8H,3-5H2,1-2H3,(H,13,14). The molecule has 0 radical (unpaired) electrons. The number of aromatic nitrogens is 1. The summed E-state index contributed by atoms with van der Waals surface area (Å²) >= 11 is 1.63. The highest BCUT2D eigenvalue weighted by Crippen LogP contribution is 2.21. The predicted molar refractivity (Wildman–Crippen MR) is 60.0 cm³/mol. The van der Waals surface area contributed by atoms with E-state index in [1.54, 1.807) is 11.3 Å². The lowest BCUT2D eigenvalue weighted by Crippen LogP contribution is -2.23. The van der Waals surface area contributed by atoms with Crippen LogP contribution in [-0.2, 0) is 4.79 Å². The van der Waals surface area contributed by atoms with Crippen molar-refractivity contribution < 1.29 is 9.90 Å². The molecule has 0 spiro atoms. The minimum absolute atomic E-state index is 0.236. The van der Waals surface area contributed by atoms with Crippen LogP contribution in [-0.4, -0.2) is 34.6 Å². The van der Waals surface area contributed by atoms with Crippen LogP contribution in [0.1, 0.15) is 30.7 Å². The molecule has 1 heterocycles. The van der Waals surface area contributed by atoms with E-state index in [9.17, 15) is 4.79 Å². The first-order valence-electron chi connectivity index (χ1n) is 4.91.